The highest BCUT2D eigenvalue weighted by Gasteiger charge is 2.06. The summed E-state index contributed by atoms with van der Waals surface area (Å²) in [6.07, 6.45) is 3.79. The van der Waals surface area contributed by atoms with E-state index in [9.17, 15) is 4.39 Å². The largest absolute Gasteiger partial charge is 0.486 e. The van der Waals surface area contributed by atoms with Crippen molar-refractivity contribution in [3.8, 4) is 5.75 Å². The van der Waals surface area contributed by atoms with Crippen molar-refractivity contribution in [2.75, 3.05) is 6.54 Å². The molecule has 0 atom stereocenters. The van der Waals surface area contributed by atoms with Crippen molar-refractivity contribution in [3.63, 3.8) is 0 Å². The van der Waals surface area contributed by atoms with Gasteiger partial charge in [-0.05, 0) is 36.7 Å². The maximum atomic E-state index is 13.8. The number of halogens is 2. The molecule has 1 heterocycles. The van der Waals surface area contributed by atoms with Crippen LogP contribution < -0.4 is 10.5 Å². The lowest BCUT2D eigenvalue weighted by atomic mass is 10.1. The summed E-state index contributed by atoms with van der Waals surface area (Å²) in [6, 6.07) is 6.59. The van der Waals surface area contributed by atoms with Crippen LogP contribution in [0.25, 0.3) is 0 Å². The second-order valence-electron chi connectivity index (χ2n) is 4.06. The van der Waals surface area contributed by atoms with Gasteiger partial charge >= 0.3 is 0 Å². The molecule has 5 heteroatoms. The summed E-state index contributed by atoms with van der Waals surface area (Å²) >= 11 is 5.95. The summed E-state index contributed by atoms with van der Waals surface area (Å²) < 4.78 is 19.2. The molecule has 100 valence electrons. The van der Waals surface area contributed by atoms with E-state index < -0.39 is 5.82 Å². The van der Waals surface area contributed by atoms with E-state index in [4.69, 9.17) is 22.1 Å². The third kappa shape index (κ3) is 3.66. The molecule has 3 nitrogen and oxygen atoms in total. The smallest absolute Gasteiger partial charge is 0.165 e. The number of hydrogen-bond acceptors (Lipinski definition) is 3. The van der Waals surface area contributed by atoms with Crippen LogP contribution in [0.15, 0.2) is 36.7 Å². The van der Waals surface area contributed by atoms with Crippen LogP contribution in [0.1, 0.15) is 11.1 Å². The highest BCUT2D eigenvalue weighted by Crippen LogP contribution is 2.21. The third-order valence-electron chi connectivity index (χ3n) is 2.67. The van der Waals surface area contributed by atoms with Crippen LogP contribution in [0, 0.1) is 5.82 Å². The number of ether oxygens (including phenoxy) is 1. The zero-order chi connectivity index (χ0) is 13.7. The van der Waals surface area contributed by atoms with Gasteiger partial charge in [-0.2, -0.15) is 0 Å². The lowest BCUT2D eigenvalue weighted by molar-refractivity contribution is 0.290. The molecule has 0 fully saturated rings. The van der Waals surface area contributed by atoms with Gasteiger partial charge in [-0.1, -0.05) is 17.7 Å². The van der Waals surface area contributed by atoms with Crippen LogP contribution >= 0.6 is 11.6 Å². The van der Waals surface area contributed by atoms with Gasteiger partial charge in [0.15, 0.2) is 11.6 Å². The standard InChI is InChI=1S/C14H14ClFN2O/c15-12-8-18-6-4-11(12)9-19-14-2-1-10(3-5-17)7-13(14)16/h1-2,4,6-8H,3,5,9,17H2. The molecule has 0 aliphatic heterocycles. The number of nitrogens with zero attached hydrogens (tertiary/aromatic N) is 1. The van der Waals surface area contributed by atoms with Gasteiger partial charge in [0.1, 0.15) is 6.61 Å². The number of aromatic nitrogens is 1. The number of hydrogen-bond donors (Lipinski definition) is 1. The molecular formula is C14H14ClFN2O. The minimum Gasteiger partial charge on any atom is -0.486 e. The molecule has 19 heavy (non-hydrogen) atoms. The average Bonchev–Trinajstić information content (AvgIpc) is 2.40. The van der Waals surface area contributed by atoms with Crippen molar-refractivity contribution in [2.45, 2.75) is 13.0 Å². The van der Waals surface area contributed by atoms with Crippen LogP contribution in [0.2, 0.25) is 5.02 Å². The Labute approximate surface area is 116 Å². The highest BCUT2D eigenvalue weighted by molar-refractivity contribution is 6.31. The van der Waals surface area contributed by atoms with E-state index in [2.05, 4.69) is 4.98 Å². The zero-order valence-corrected chi connectivity index (χ0v) is 11.0. The SMILES string of the molecule is NCCc1ccc(OCc2ccncc2Cl)c(F)c1. The second-order valence-corrected chi connectivity index (χ2v) is 4.47. The first kappa shape index (κ1) is 13.8. The minimum absolute atomic E-state index is 0.202. The van der Waals surface area contributed by atoms with Gasteiger partial charge in [-0.25, -0.2) is 4.39 Å². The van der Waals surface area contributed by atoms with Gasteiger partial charge in [0.25, 0.3) is 0 Å². The van der Waals surface area contributed by atoms with E-state index in [-0.39, 0.29) is 12.4 Å². The van der Waals surface area contributed by atoms with Gasteiger partial charge in [0, 0.05) is 18.0 Å². The summed E-state index contributed by atoms with van der Waals surface area (Å²) in [5.74, 6) is -0.190. The van der Waals surface area contributed by atoms with Crippen LogP contribution in [0.5, 0.6) is 5.75 Å². The van der Waals surface area contributed by atoms with E-state index in [1.807, 2.05) is 0 Å². The monoisotopic (exact) mass is 280 g/mol. The molecule has 0 spiro atoms. The molecule has 0 saturated carbocycles. The Hall–Kier alpha value is -1.65. The first-order valence-corrected chi connectivity index (χ1v) is 6.28. The van der Waals surface area contributed by atoms with Gasteiger partial charge < -0.3 is 10.5 Å². The summed E-state index contributed by atoms with van der Waals surface area (Å²) in [5, 5.41) is 0.502. The second kappa shape index (κ2) is 6.50. The molecule has 2 rings (SSSR count). The highest BCUT2D eigenvalue weighted by atomic mass is 35.5. The minimum atomic E-state index is -0.392. The first-order chi connectivity index (χ1) is 9.20. The summed E-state index contributed by atoms with van der Waals surface area (Å²) in [6.45, 7) is 0.695. The van der Waals surface area contributed by atoms with Crippen molar-refractivity contribution in [1.29, 1.82) is 0 Å². The Morgan fingerprint density at radius 1 is 1.32 bits per heavy atom. The molecule has 0 radical (unpaired) electrons. The number of benzene rings is 1. The summed E-state index contributed by atoms with van der Waals surface area (Å²) in [4.78, 5) is 3.88. The fraction of sp³-hybridized carbons (Fsp3) is 0.214. The molecule has 1 aromatic carbocycles. The zero-order valence-electron chi connectivity index (χ0n) is 10.3. The molecule has 2 aromatic rings. The maximum Gasteiger partial charge on any atom is 0.165 e. The van der Waals surface area contributed by atoms with Crippen LogP contribution in [-0.4, -0.2) is 11.5 Å². The molecule has 0 aliphatic carbocycles. The fourth-order valence-corrected chi connectivity index (χ4v) is 1.83. The van der Waals surface area contributed by atoms with Crippen molar-refractivity contribution in [3.05, 3.63) is 58.6 Å². The number of pyridine rings is 1. The van der Waals surface area contributed by atoms with E-state index in [1.54, 1.807) is 24.4 Å². The van der Waals surface area contributed by atoms with Crippen LogP contribution in [-0.2, 0) is 13.0 Å². The Morgan fingerprint density at radius 3 is 2.84 bits per heavy atom. The van der Waals surface area contributed by atoms with Crippen molar-refractivity contribution in [2.24, 2.45) is 5.73 Å². The van der Waals surface area contributed by atoms with E-state index in [0.29, 0.717) is 18.0 Å². The van der Waals surface area contributed by atoms with Gasteiger partial charge in [0.2, 0.25) is 0 Å². The average molecular weight is 281 g/mol. The van der Waals surface area contributed by atoms with Crippen molar-refractivity contribution in [1.82, 2.24) is 4.98 Å². The normalized spacial score (nSPS) is 10.5. The van der Waals surface area contributed by atoms with Gasteiger partial charge in [0.05, 0.1) is 5.02 Å². The molecule has 0 saturated heterocycles. The first-order valence-electron chi connectivity index (χ1n) is 5.90. The Morgan fingerprint density at radius 2 is 2.16 bits per heavy atom. The predicted octanol–water partition coefficient (Wildman–Crippen LogP) is 2.95. The van der Waals surface area contributed by atoms with Crippen LogP contribution in [0.3, 0.4) is 0 Å². The van der Waals surface area contributed by atoms with Crippen molar-refractivity contribution < 1.29 is 9.13 Å². The molecule has 0 bridgehead atoms. The van der Waals surface area contributed by atoms with E-state index in [0.717, 1.165) is 11.1 Å². The molecule has 0 unspecified atom stereocenters. The number of rotatable bonds is 5. The van der Waals surface area contributed by atoms with E-state index >= 15 is 0 Å². The van der Waals surface area contributed by atoms with Gasteiger partial charge in [-0.15, -0.1) is 0 Å². The molecular weight excluding hydrogens is 267 g/mol. The lowest BCUT2D eigenvalue weighted by Crippen LogP contribution is -2.04. The molecule has 1 aromatic heterocycles. The maximum absolute atomic E-state index is 13.8. The van der Waals surface area contributed by atoms with Crippen molar-refractivity contribution >= 4 is 11.6 Å². The number of nitrogens with two attached hydrogens (primary N) is 1. The summed E-state index contributed by atoms with van der Waals surface area (Å²) in [7, 11) is 0. The fourth-order valence-electron chi connectivity index (χ4n) is 1.66. The molecule has 2 N–H and O–H groups in total. The Kier molecular flexibility index (Phi) is 4.71. The third-order valence-corrected chi connectivity index (χ3v) is 3.01. The lowest BCUT2D eigenvalue weighted by Gasteiger charge is -2.09. The molecule has 0 amide bonds. The topological polar surface area (TPSA) is 48.1 Å². The quantitative estimate of drug-likeness (QED) is 0.916. The Balaban J connectivity index is 2.06. The van der Waals surface area contributed by atoms with E-state index in [1.165, 1.54) is 12.3 Å². The van der Waals surface area contributed by atoms with Crippen LogP contribution in [0.4, 0.5) is 4.39 Å². The summed E-state index contributed by atoms with van der Waals surface area (Å²) in [5.41, 5.74) is 7.05. The predicted molar refractivity (Wildman–Crippen MR) is 72.7 cm³/mol. The molecule has 0 aliphatic rings. The van der Waals surface area contributed by atoms with Gasteiger partial charge in [-0.3, -0.25) is 4.98 Å². The Bertz CT molecular complexity index is 563.